The number of aryl methyl sites for hydroxylation is 1. The van der Waals surface area contributed by atoms with E-state index in [9.17, 15) is 0 Å². The van der Waals surface area contributed by atoms with Crippen molar-refractivity contribution in [3.63, 3.8) is 0 Å². The molecule has 1 nitrogen and oxygen atoms in total. The number of hydrogen-bond donors (Lipinski definition) is 1. The van der Waals surface area contributed by atoms with Crippen LogP contribution in [0.3, 0.4) is 0 Å². The second kappa shape index (κ2) is 5.99. The van der Waals surface area contributed by atoms with Crippen molar-refractivity contribution >= 4 is 5.69 Å². The summed E-state index contributed by atoms with van der Waals surface area (Å²) in [6.07, 6.45) is 11.1. The maximum absolute atomic E-state index is 3.82. The Labute approximate surface area is 170 Å². The van der Waals surface area contributed by atoms with E-state index in [-0.39, 0.29) is 10.8 Å². The molecule has 1 spiro atoms. The van der Waals surface area contributed by atoms with Crippen LogP contribution < -0.4 is 5.32 Å². The molecule has 0 fully saturated rings. The van der Waals surface area contributed by atoms with Crippen molar-refractivity contribution in [2.75, 3.05) is 5.32 Å². The van der Waals surface area contributed by atoms with Crippen LogP contribution in [0, 0.1) is 0 Å². The highest BCUT2D eigenvalue weighted by Gasteiger charge is 2.42. The van der Waals surface area contributed by atoms with E-state index in [0.29, 0.717) is 11.5 Å². The lowest BCUT2D eigenvalue weighted by Gasteiger charge is -2.34. The molecule has 0 heterocycles. The largest absolute Gasteiger partial charge is 0.379 e. The molecule has 0 aromatic heterocycles. The van der Waals surface area contributed by atoms with Crippen molar-refractivity contribution in [1.29, 1.82) is 0 Å². The van der Waals surface area contributed by atoms with E-state index < -0.39 is 0 Å². The van der Waals surface area contributed by atoms with Crippen LogP contribution in [0.2, 0.25) is 0 Å². The molecule has 0 saturated carbocycles. The van der Waals surface area contributed by atoms with Crippen molar-refractivity contribution in [3.8, 4) is 0 Å². The first kappa shape index (κ1) is 18.0. The third kappa shape index (κ3) is 2.74. The van der Waals surface area contributed by atoms with Crippen molar-refractivity contribution in [1.82, 2.24) is 0 Å². The molecule has 1 heteroatoms. The maximum Gasteiger partial charge on any atom is 0.0445 e. The molecule has 0 radical (unpaired) electrons. The number of fused-ring (bicyclic) bond motifs is 3. The highest BCUT2D eigenvalue weighted by atomic mass is 14.9. The predicted octanol–water partition coefficient (Wildman–Crippen LogP) is 6.66. The zero-order valence-electron chi connectivity index (χ0n) is 17.8. The highest BCUT2D eigenvalue weighted by Crippen LogP contribution is 2.50. The zero-order valence-corrected chi connectivity index (χ0v) is 17.8. The lowest BCUT2D eigenvalue weighted by atomic mass is 9.73. The first-order valence-corrected chi connectivity index (χ1v) is 11.0. The normalized spacial score (nSPS) is 28.9. The minimum atomic E-state index is 0.260. The Morgan fingerprint density at radius 1 is 0.857 bits per heavy atom. The van der Waals surface area contributed by atoms with Gasteiger partial charge in [-0.1, -0.05) is 70.2 Å². The number of benzene rings is 2. The third-order valence-electron chi connectivity index (χ3n) is 7.66. The average Bonchev–Trinajstić information content (AvgIpc) is 3.10. The van der Waals surface area contributed by atoms with Crippen molar-refractivity contribution in [2.24, 2.45) is 0 Å². The van der Waals surface area contributed by atoms with Crippen LogP contribution in [0.4, 0.5) is 5.69 Å². The lowest BCUT2D eigenvalue weighted by molar-refractivity contribution is 0.403. The Hall–Kier alpha value is -2.02. The van der Waals surface area contributed by atoms with Gasteiger partial charge < -0.3 is 5.32 Å². The van der Waals surface area contributed by atoms with Gasteiger partial charge >= 0.3 is 0 Å². The molecule has 5 rings (SSSR count). The molecule has 0 saturated heterocycles. The van der Waals surface area contributed by atoms with E-state index in [0.717, 1.165) is 0 Å². The Kier molecular flexibility index (Phi) is 3.86. The Bertz CT molecular complexity index is 948. The monoisotopic (exact) mass is 371 g/mol. The summed E-state index contributed by atoms with van der Waals surface area (Å²) >= 11 is 0. The van der Waals surface area contributed by atoms with Gasteiger partial charge in [0.1, 0.15) is 0 Å². The molecule has 146 valence electrons. The Balaban J connectivity index is 1.37. The molecule has 2 unspecified atom stereocenters. The second-order valence-electron chi connectivity index (χ2n) is 10.7. The minimum absolute atomic E-state index is 0.260. The topological polar surface area (TPSA) is 12.0 Å². The van der Waals surface area contributed by atoms with E-state index in [2.05, 4.69) is 87.6 Å². The van der Waals surface area contributed by atoms with Crippen LogP contribution in [-0.2, 0) is 22.7 Å². The Morgan fingerprint density at radius 2 is 1.64 bits per heavy atom. The fraction of sp³-hybridized carbons (Fsp3) is 0.481. The van der Waals surface area contributed by atoms with Gasteiger partial charge in [0.25, 0.3) is 0 Å². The summed E-state index contributed by atoms with van der Waals surface area (Å²) in [6, 6.07) is 16.6. The molecule has 2 atom stereocenters. The van der Waals surface area contributed by atoms with E-state index in [1.807, 2.05) is 0 Å². The summed E-state index contributed by atoms with van der Waals surface area (Å²) in [5, 5.41) is 3.82. The predicted molar refractivity (Wildman–Crippen MR) is 119 cm³/mol. The molecule has 0 bridgehead atoms. The minimum Gasteiger partial charge on any atom is -0.379 e. The molecule has 2 aromatic rings. The van der Waals surface area contributed by atoms with Crippen LogP contribution in [0.25, 0.3) is 0 Å². The molecule has 28 heavy (non-hydrogen) atoms. The fourth-order valence-electron chi connectivity index (χ4n) is 6.46. The summed E-state index contributed by atoms with van der Waals surface area (Å²) in [4.78, 5) is 0. The van der Waals surface area contributed by atoms with Crippen LogP contribution >= 0.6 is 0 Å². The molecule has 3 aliphatic rings. The first-order chi connectivity index (χ1) is 13.3. The second-order valence-corrected chi connectivity index (χ2v) is 10.7. The van der Waals surface area contributed by atoms with Crippen LogP contribution in [-0.4, -0.2) is 6.04 Å². The van der Waals surface area contributed by atoms with E-state index in [4.69, 9.17) is 0 Å². The lowest BCUT2D eigenvalue weighted by Crippen LogP contribution is -2.30. The van der Waals surface area contributed by atoms with Gasteiger partial charge in [-0.05, 0) is 77.3 Å². The van der Waals surface area contributed by atoms with Gasteiger partial charge in [-0.25, -0.2) is 0 Å². The van der Waals surface area contributed by atoms with Gasteiger partial charge in [0.2, 0.25) is 0 Å². The van der Waals surface area contributed by atoms with E-state index in [1.54, 1.807) is 11.1 Å². The van der Waals surface area contributed by atoms with Crippen molar-refractivity contribution in [3.05, 3.63) is 76.9 Å². The Morgan fingerprint density at radius 3 is 2.43 bits per heavy atom. The fourth-order valence-corrected chi connectivity index (χ4v) is 6.46. The number of allylic oxidation sites excluding steroid dienone is 1. The molecular weight excluding hydrogens is 338 g/mol. The van der Waals surface area contributed by atoms with Crippen LogP contribution in [0.15, 0.2) is 54.6 Å². The van der Waals surface area contributed by atoms with Gasteiger partial charge in [0.15, 0.2) is 0 Å². The number of nitrogens with one attached hydrogen (secondary N) is 1. The number of hydrogen-bond acceptors (Lipinski definition) is 1. The third-order valence-corrected chi connectivity index (χ3v) is 7.66. The molecule has 2 aromatic carbocycles. The molecular formula is C27H33N. The highest BCUT2D eigenvalue weighted by molar-refractivity contribution is 5.56. The quantitative estimate of drug-likeness (QED) is 0.582. The van der Waals surface area contributed by atoms with Gasteiger partial charge in [-0.3, -0.25) is 0 Å². The SMILES string of the molecule is CC1(C)CC(C)(C)c2cc(NC3C=CC4(CCc5ccccc54)CC3)ccc21. The zero-order chi connectivity index (χ0) is 19.6. The van der Waals surface area contributed by atoms with E-state index >= 15 is 0 Å². The van der Waals surface area contributed by atoms with Gasteiger partial charge in [-0.2, -0.15) is 0 Å². The van der Waals surface area contributed by atoms with Gasteiger partial charge in [0, 0.05) is 17.1 Å². The smallest absolute Gasteiger partial charge is 0.0445 e. The van der Waals surface area contributed by atoms with E-state index in [1.165, 1.54) is 48.9 Å². The average molecular weight is 372 g/mol. The summed E-state index contributed by atoms with van der Waals surface area (Å²) in [7, 11) is 0. The van der Waals surface area contributed by atoms with Gasteiger partial charge in [0.05, 0.1) is 0 Å². The van der Waals surface area contributed by atoms with Crippen molar-refractivity contribution in [2.45, 2.75) is 82.1 Å². The summed E-state index contributed by atoms with van der Waals surface area (Å²) in [5.74, 6) is 0. The molecule has 1 N–H and O–H groups in total. The maximum atomic E-state index is 3.82. The summed E-state index contributed by atoms with van der Waals surface area (Å²) < 4.78 is 0. The molecule has 3 aliphatic carbocycles. The first-order valence-electron chi connectivity index (χ1n) is 11.0. The van der Waals surface area contributed by atoms with Gasteiger partial charge in [-0.15, -0.1) is 0 Å². The van der Waals surface area contributed by atoms with Crippen LogP contribution in [0.5, 0.6) is 0 Å². The number of rotatable bonds is 2. The van der Waals surface area contributed by atoms with Crippen LogP contribution in [0.1, 0.15) is 75.6 Å². The number of anilines is 1. The summed E-state index contributed by atoms with van der Waals surface area (Å²) in [6.45, 7) is 9.56. The van der Waals surface area contributed by atoms with Crippen molar-refractivity contribution < 1.29 is 0 Å². The summed E-state index contributed by atoms with van der Waals surface area (Å²) in [5.41, 5.74) is 8.31. The standard InChI is InChI=1S/C27H33N/c1-25(2)18-26(3,4)24-17-21(9-10-23(24)25)28-20-12-15-27(16-13-20)14-11-19-7-5-6-8-22(19)27/h5-10,12,15,17,20,28H,11,13-14,16,18H2,1-4H3. The molecule has 0 amide bonds. The molecule has 0 aliphatic heterocycles.